The lowest BCUT2D eigenvalue weighted by Gasteiger charge is -2.34. The van der Waals surface area contributed by atoms with Gasteiger partial charge in [0.05, 0.1) is 0 Å². The van der Waals surface area contributed by atoms with Gasteiger partial charge in [0, 0.05) is 17.5 Å². The van der Waals surface area contributed by atoms with E-state index in [2.05, 4.69) is 12.2 Å². The number of nitrogens with one attached hydrogen (secondary N) is 1. The summed E-state index contributed by atoms with van der Waals surface area (Å²) >= 11 is 1.57. The maximum Gasteiger partial charge on any atom is 0.331 e. The molecular formula is C15H20N2O3S. The lowest BCUT2D eigenvalue weighted by Crippen LogP contribution is -2.50. The lowest BCUT2D eigenvalue weighted by atomic mass is 10.0. The third-order valence-corrected chi connectivity index (χ3v) is 5.48. The number of aliphatic carboxylic acids is 1. The van der Waals surface area contributed by atoms with E-state index in [1.165, 1.54) is 4.90 Å². The Morgan fingerprint density at radius 3 is 2.90 bits per heavy atom. The highest BCUT2D eigenvalue weighted by atomic mass is 32.1. The highest BCUT2D eigenvalue weighted by Gasteiger charge is 2.37. The topological polar surface area (TPSA) is 69.6 Å². The molecular weight excluding hydrogens is 288 g/mol. The predicted octanol–water partition coefficient (Wildman–Crippen LogP) is 2.63. The molecule has 0 spiro atoms. The molecule has 5 nitrogen and oxygen atoms in total. The Balaban J connectivity index is 1.75. The number of thiophene rings is 1. The molecule has 3 atom stereocenters. The number of carboxylic acids is 1. The van der Waals surface area contributed by atoms with Crippen LogP contribution in [0.5, 0.6) is 0 Å². The second-order valence-electron chi connectivity index (χ2n) is 6.05. The van der Waals surface area contributed by atoms with Crippen LogP contribution in [0, 0.1) is 5.92 Å². The Bertz CT molecular complexity index is 557. The van der Waals surface area contributed by atoms with E-state index in [0.29, 0.717) is 12.5 Å². The van der Waals surface area contributed by atoms with Crippen LogP contribution in [0.1, 0.15) is 42.7 Å². The van der Waals surface area contributed by atoms with Crippen molar-refractivity contribution < 1.29 is 14.7 Å². The van der Waals surface area contributed by atoms with Crippen molar-refractivity contribution in [3.05, 3.63) is 21.9 Å². The van der Waals surface area contributed by atoms with Crippen LogP contribution in [0.25, 0.3) is 0 Å². The molecule has 6 heteroatoms. The largest absolute Gasteiger partial charge is 0.479 e. The van der Waals surface area contributed by atoms with E-state index in [9.17, 15) is 14.7 Å². The number of amides is 2. The van der Waals surface area contributed by atoms with Gasteiger partial charge in [-0.25, -0.2) is 9.59 Å². The maximum absolute atomic E-state index is 12.5. The molecule has 1 aromatic rings. The number of fused-ring (bicyclic) bond motifs is 1. The van der Waals surface area contributed by atoms with E-state index in [0.717, 1.165) is 36.1 Å². The highest BCUT2D eigenvalue weighted by Crippen LogP contribution is 2.34. The van der Waals surface area contributed by atoms with Crippen LogP contribution in [0.3, 0.4) is 0 Å². The van der Waals surface area contributed by atoms with Gasteiger partial charge in [0.25, 0.3) is 0 Å². The van der Waals surface area contributed by atoms with Crippen LogP contribution in [-0.2, 0) is 11.2 Å². The summed E-state index contributed by atoms with van der Waals surface area (Å²) in [6.07, 6.45) is 3.84. The van der Waals surface area contributed by atoms with Gasteiger partial charge < -0.3 is 15.3 Å². The van der Waals surface area contributed by atoms with Crippen LogP contribution in [-0.4, -0.2) is 34.6 Å². The van der Waals surface area contributed by atoms with Crippen LogP contribution in [0.2, 0.25) is 0 Å². The van der Waals surface area contributed by atoms with E-state index < -0.39 is 12.0 Å². The van der Waals surface area contributed by atoms with E-state index in [1.807, 2.05) is 11.4 Å². The van der Waals surface area contributed by atoms with Gasteiger partial charge >= 0.3 is 12.0 Å². The van der Waals surface area contributed by atoms with Gasteiger partial charge in [-0.2, -0.15) is 0 Å². The number of hydrogen-bond acceptors (Lipinski definition) is 3. The van der Waals surface area contributed by atoms with Gasteiger partial charge in [-0.3, -0.25) is 0 Å². The molecule has 0 saturated heterocycles. The first kappa shape index (κ1) is 14.4. The zero-order valence-corrected chi connectivity index (χ0v) is 12.9. The Hall–Kier alpha value is -1.56. The Morgan fingerprint density at radius 2 is 2.24 bits per heavy atom. The zero-order chi connectivity index (χ0) is 15.0. The molecule has 3 rings (SSSR count). The number of nitrogens with zero attached hydrogens (tertiary/aromatic N) is 1. The molecule has 1 aliphatic heterocycles. The van der Waals surface area contributed by atoms with Gasteiger partial charge in [-0.15, -0.1) is 11.3 Å². The van der Waals surface area contributed by atoms with Crippen LogP contribution in [0.15, 0.2) is 11.4 Å². The molecule has 2 heterocycles. The van der Waals surface area contributed by atoms with Crippen molar-refractivity contribution in [2.24, 2.45) is 5.92 Å². The van der Waals surface area contributed by atoms with E-state index in [4.69, 9.17) is 0 Å². The van der Waals surface area contributed by atoms with Crippen molar-refractivity contribution in [1.29, 1.82) is 0 Å². The van der Waals surface area contributed by atoms with E-state index in [1.54, 1.807) is 11.3 Å². The summed E-state index contributed by atoms with van der Waals surface area (Å²) in [6, 6.07) is 0.929. The number of carboxylic acid groups (broad SMARTS) is 1. The number of hydrogen-bond donors (Lipinski definition) is 2. The summed E-state index contributed by atoms with van der Waals surface area (Å²) in [5, 5.41) is 14.4. The van der Waals surface area contributed by atoms with Gasteiger partial charge in [-0.1, -0.05) is 6.92 Å². The van der Waals surface area contributed by atoms with Crippen molar-refractivity contribution in [2.45, 2.75) is 44.7 Å². The smallest absolute Gasteiger partial charge is 0.331 e. The highest BCUT2D eigenvalue weighted by molar-refractivity contribution is 7.10. The third kappa shape index (κ3) is 2.77. The summed E-state index contributed by atoms with van der Waals surface area (Å²) in [4.78, 5) is 26.6. The van der Waals surface area contributed by atoms with Crippen LogP contribution < -0.4 is 5.32 Å². The SMILES string of the molecule is CC1CCC(NC(=O)N2CCc3sccc3C2C(=O)O)C1. The summed E-state index contributed by atoms with van der Waals surface area (Å²) in [5.41, 5.74) is 0.772. The minimum Gasteiger partial charge on any atom is -0.479 e. The number of carbonyl (C=O) groups excluding carboxylic acids is 1. The first-order valence-electron chi connectivity index (χ1n) is 7.42. The molecule has 0 bridgehead atoms. The average Bonchev–Trinajstić information content (AvgIpc) is 3.05. The summed E-state index contributed by atoms with van der Waals surface area (Å²) in [5.74, 6) is -0.320. The van der Waals surface area contributed by atoms with Crippen molar-refractivity contribution in [3.63, 3.8) is 0 Å². The lowest BCUT2D eigenvalue weighted by molar-refractivity contribution is -0.142. The first-order valence-corrected chi connectivity index (χ1v) is 8.30. The predicted molar refractivity (Wildman–Crippen MR) is 80.4 cm³/mol. The van der Waals surface area contributed by atoms with E-state index >= 15 is 0 Å². The second-order valence-corrected chi connectivity index (χ2v) is 7.05. The molecule has 2 N–H and O–H groups in total. The Labute approximate surface area is 128 Å². The molecule has 21 heavy (non-hydrogen) atoms. The summed E-state index contributed by atoms with van der Waals surface area (Å²) < 4.78 is 0. The van der Waals surface area contributed by atoms with Gasteiger partial charge in [-0.05, 0) is 48.6 Å². The van der Waals surface area contributed by atoms with Gasteiger partial charge in [0.15, 0.2) is 6.04 Å². The molecule has 2 aliphatic rings. The molecule has 1 aliphatic carbocycles. The maximum atomic E-state index is 12.5. The summed E-state index contributed by atoms with van der Waals surface area (Å²) in [7, 11) is 0. The second kappa shape index (κ2) is 5.67. The Morgan fingerprint density at radius 1 is 1.43 bits per heavy atom. The molecule has 114 valence electrons. The third-order valence-electron chi connectivity index (χ3n) is 4.48. The zero-order valence-electron chi connectivity index (χ0n) is 12.0. The van der Waals surface area contributed by atoms with Crippen molar-refractivity contribution in [3.8, 4) is 0 Å². The summed E-state index contributed by atoms with van der Waals surface area (Å²) in [6.45, 7) is 2.66. The fraction of sp³-hybridized carbons (Fsp3) is 0.600. The number of urea groups is 1. The Kier molecular flexibility index (Phi) is 3.89. The van der Waals surface area contributed by atoms with Gasteiger partial charge in [0.1, 0.15) is 0 Å². The van der Waals surface area contributed by atoms with Crippen LogP contribution >= 0.6 is 11.3 Å². The normalized spacial score (nSPS) is 28.2. The molecule has 2 amide bonds. The molecule has 0 aromatic carbocycles. The first-order chi connectivity index (χ1) is 10.1. The molecule has 1 saturated carbocycles. The van der Waals surface area contributed by atoms with Crippen molar-refractivity contribution in [2.75, 3.05) is 6.54 Å². The molecule has 1 fully saturated rings. The molecule has 0 radical (unpaired) electrons. The number of carbonyl (C=O) groups is 2. The van der Waals surface area contributed by atoms with Gasteiger partial charge in [0.2, 0.25) is 0 Å². The monoisotopic (exact) mass is 308 g/mol. The quantitative estimate of drug-likeness (QED) is 0.882. The molecule has 3 unspecified atom stereocenters. The minimum atomic E-state index is -0.954. The molecule has 1 aromatic heterocycles. The average molecular weight is 308 g/mol. The van der Waals surface area contributed by atoms with Crippen molar-refractivity contribution in [1.82, 2.24) is 10.2 Å². The van der Waals surface area contributed by atoms with Crippen LogP contribution in [0.4, 0.5) is 4.79 Å². The number of rotatable bonds is 2. The fourth-order valence-corrected chi connectivity index (χ4v) is 4.30. The standard InChI is InChI=1S/C15H20N2O3S/c1-9-2-3-10(8-9)16-15(20)17-6-4-12-11(5-7-21-12)13(17)14(18)19/h5,7,9-10,13H,2-4,6,8H2,1H3,(H,16,20)(H,18,19). The van der Waals surface area contributed by atoms with E-state index in [-0.39, 0.29) is 12.1 Å². The van der Waals surface area contributed by atoms with Crippen molar-refractivity contribution >= 4 is 23.3 Å². The fourth-order valence-electron chi connectivity index (χ4n) is 3.40. The minimum absolute atomic E-state index is 0.186.